The first kappa shape index (κ1) is 7.33. The van der Waals surface area contributed by atoms with Gasteiger partial charge in [0, 0.05) is 12.3 Å². The molecule has 0 heterocycles. The first-order valence-electron chi connectivity index (χ1n) is 4.56. The number of hydrogen-bond donors (Lipinski definition) is 0. The van der Waals surface area contributed by atoms with E-state index in [1.54, 1.807) is 0 Å². The lowest BCUT2D eigenvalue weighted by Gasteiger charge is -2.35. The lowest BCUT2D eigenvalue weighted by Crippen LogP contribution is -2.32. The fraction of sp³-hybridized carbons (Fsp3) is 0.900. The van der Waals surface area contributed by atoms with Gasteiger partial charge in [-0.25, -0.2) is 0 Å². The molecule has 0 aliphatic heterocycles. The summed E-state index contributed by atoms with van der Waals surface area (Å²) >= 11 is 0. The van der Waals surface area contributed by atoms with Crippen LogP contribution in [0.15, 0.2) is 0 Å². The molecule has 2 rings (SSSR count). The van der Waals surface area contributed by atoms with Crippen LogP contribution in [-0.2, 0) is 4.79 Å². The molecule has 0 saturated heterocycles. The highest BCUT2D eigenvalue weighted by atomic mass is 16.1. The molecule has 1 nitrogen and oxygen atoms in total. The summed E-state index contributed by atoms with van der Waals surface area (Å²) in [7, 11) is 0. The van der Waals surface area contributed by atoms with E-state index in [9.17, 15) is 4.79 Å². The van der Waals surface area contributed by atoms with E-state index in [-0.39, 0.29) is 0 Å². The first-order valence-corrected chi connectivity index (χ1v) is 4.56. The highest BCUT2D eigenvalue weighted by molar-refractivity contribution is 5.85. The minimum Gasteiger partial charge on any atom is -0.299 e. The van der Waals surface area contributed by atoms with E-state index < -0.39 is 0 Å². The van der Waals surface area contributed by atoms with Gasteiger partial charge < -0.3 is 0 Å². The minimum absolute atomic E-state index is 0.412. The average molecular weight is 152 g/mol. The van der Waals surface area contributed by atoms with E-state index in [4.69, 9.17) is 0 Å². The summed E-state index contributed by atoms with van der Waals surface area (Å²) in [5.74, 6) is 2.25. The Morgan fingerprint density at radius 2 is 2.09 bits per heavy atom. The molecule has 62 valence electrons. The lowest BCUT2D eigenvalue weighted by atomic mass is 9.69. The second-order valence-electron chi connectivity index (χ2n) is 4.82. The van der Waals surface area contributed by atoms with E-state index in [1.807, 2.05) is 0 Å². The molecule has 0 aromatic heterocycles. The number of Topliss-reactive ketones (excluding diaryl/α,β-unsaturated/α-hetero) is 1. The predicted molar refractivity (Wildman–Crippen MR) is 44.2 cm³/mol. The highest BCUT2D eigenvalue weighted by Crippen LogP contribution is 2.57. The topological polar surface area (TPSA) is 17.1 Å². The summed E-state index contributed by atoms with van der Waals surface area (Å²) < 4.78 is 0. The van der Waals surface area contributed by atoms with E-state index in [0.29, 0.717) is 29.0 Å². The Bertz CT molecular complexity index is 201. The van der Waals surface area contributed by atoms with E-state index in [2.05, 4.69) is 20.8 Å². The Morgan fingerprint density at radius 3 is 2.45 bits per heavy atom. The van der Waals surface area contributed by atoms with Gasteiger partial charge in [-0.05, 0) is 23.7 Å². The Hall–Kier alpha value is -0.330. The van der Waals surface area contributed by atoms with Crippen LogP contribution in [0.2, 0.25) is 0 Å². The van der Waals surface area contributed by atoms with Gasteiger partial charge in [-0.15, -0.1) is 0 Å². The molecule has 11 heavy (non-hydrogen) atoms. The van der Waals surface area contributed by atoms with Crippen molar-refractivity contribution in [2.24, 2.45) is 23.2 Å². The van der Waals surface area contributed by atoms with Crippen LogP contribution in [0.25, 0.3) is 0 Å². The number of fused-ring (bicyclic) bond motifs is 2. The van der Waals surface area contributed by atoms with Crippen LogP contribution < -0.4 is 0 Å². The number of hydrogen-bond acceptors (Lipinski definition) is 1. The van der Waals surface area contributed by atoms with Gasteiger partial charge in [-0.1, -0.05) is 20.8 Å². The molecule has 0 radical (unpaired) electrons. The van der Waals surface area contributed by atoms with Crippen molar-refractivity contribution in [1.82, 2.24) is 0 Å². The number of carbonyl (C=O) groups excluding carboxylic acids is 1. The fourth-order valence-electron chi connectivity index (χ4n) is 2.86. The maximum atomic E-state index is 11.3. The van der Waals surface area contributed by atoms with Crippen LogP contribution in [0.5, 0.6) is 0 Å². The SMILES string of the molecule is CC1[C@H]2C[C@H](CC2=O)C1(C)C. The molecule has 1 heteroatoms. The molecule has 0 N–H and O–H groups in total. The van der Waals surface area contributed by atoms with Crippen molar-refractivity contribution >= 4 is 5.78 Å². The fourth-order valence-corrected chi connectivity index (χ4v) is 2.86. The molecule has 0 amide bonds. The molecule has 0 aromatic rings. The molecule has 2 fully saturated rings. The van der Waals surface area contributed by atoms with Gasteiger partial charge in [-0.2, -0.15) is 0 Å². The molecule has 2 bridgehead atoms. The van der Waals surface area contributed by atoms with Crippen molar-refractivity contribution in [3.8, 4) is 0 Å². The van der Waals surface area contributed by atoms with Gasteiger partial charge in [0.2, 0.25) is 0 Å². The van der Waals surface area contributed by atoms with Crippen molar-refractivity contribution in [3.63, 3.8) is 0 Å². The smallest absolute Gasteiger partial charge is 0.136 e. The van der Waals surface area contributed by atoms with Gasteiger partial charge in [0.15, 0.2) is 0 Å². The van der Waals surface area contributed by atoms with Gasteiger partial charge in [0.25, 0.3) is 0 Å². The number of carbonyl (C=O) groups is 1. The minimum atomic E-state index is 0.412. The zero-order valence-electron chi connectivity index (χ0n) is 7.55. The largest absolute Gasteiger partial charge is 0.299 e. The second-order valence-corrected chi connectivity index (χ2v) is 4.82. The molecule has 0 aromatic carbocycles. The molecular formula is C10H16O. The molecule has 0 spiro atoms. The van der Waals surface area contributed by atoms with Crippen LogP contribution >= 0.6 is 0 Å². The lowest BCUT2D eigenvalue weighted by molar-refractivity contribution is -0.125. The zero-order valence-corrected chi connectivity index (χ0v) is 7.55. The summed E-state index contributed by atoms with van der Waals surface area (Å²) in [6.07, 6.45) is 2.04. The van der Waals surface area contributed by atoms with Crippen molar-refractivity contribution < 1.29 is 4.79 Å². The van der Waals surface area contributed by atoms with E-state index in [0.717, 1.165) is 6.42 Å². The third-order valence-electron chi connectivity index (χ3n) is 4.23. The molecular weight excluding hydrogens is 136 g/mol. The summed E-state index contributed by atoms with van der Waals surface area (Å²) in [6, 6.07) is 0. The zero-order chi connectivity index (χ0) is 8.22. The Morgan fingerprint density at radius 1 is 1.45 bits per heavy atom. The summed E-state index contributed by atoms with van der Waals surface area (Å²) in [4.78, 5) is 11.3. The first-order chi connectivity index (χ1) is 5.03. The van der Waals surface area contributed by atoms with Gasteiger partial charge in [0.05, 0.1) is 0 Å². The summed E-state index contributed by atoms with van der Waals surface area (Å²) in [6.45, 7) is 6.87. The van der Waals surface area contributed by atoms with E-state index in [1.165, 1.54) is 6.42 Å². The average Bonchev–Trinajstić information content (AvgIpc) is 2.36. The molecule has 1 unspecified atom stereocenters. The molecule has 2 aliphatic rings. The number of ketones is 1. The van der Waals surface area contributed by atoms with E-state index >= 15 is 0 Å². The van der Waals surface area contributed by atoms with Crippen LogP contribution in [0.1, 0.15) is 33.6 Å². The Balaban J connectivity index is 2.31. The molecule has 3 atom stereocenters. The van der Waals surface area contributed by atoms with Crippen LogP contribution in [0.3, 0.4) is 0 Å². The Labute approximate surface area is 68.2 Å². The van der Waals surface area contributed by atoms with Crippen LogP contribution in [0.4, 0.5) is 0 Å². The van der Waals surface area contributed by atoms with Crippen molar-refractivity contribution in [2.45, 2.75) is 33.6 Å². The third-order valence-corrected chi connectivity index (χ3v) is 4.23. The number of rotatable bonds is 0. The van der Waals surface area contributed by atoms with Gasteiger partial charge >= 0.3 is 0 Å². The van der Waals surface area contributed by atoms with Crippen molar-refractivity contribution in [1.29, 1.82) is 0 Å². The normalized spacial score (nSPS) is 46.8. The Kier molecular flexibility index (Phi) is 1.25. The van der Waals surface area contributed by atoms with Gasteiger partial charge in [0.1, 0.15) is 5.78 Å². The van der Waals surface area contributed by atoms with Crippen LogP contribution in [0, 0.1) is 23.2 Å². The summed E-state index contributed by atoms with van der Waals surface area (Å²) in [5, 5.41) is 0. The summed E-state index contributed by atoms with van der Waals surface area (Å²) in [5.41, 5.74) is 0.429. The highest BCUT2D eigenvalue weighted by Gasteiger charge is 2.54. The monoisotopic (exact) mass is 152 g/mol. The maximum absolute atomic E-state index is 11.3. The predicted octanol–water partition coefficient (Wildman–Crippen LogP) is 2.26. The molecule has 2 saturated carbocycles. The maximum Gasteiger partial charge on any atom is 0.136 e. The third kappa shape index (κ3) is 0.743. The van der Waals surface area contributed by atoms with Gasteiger partial charge in [-0.3, -0.25) is 4.79 Å². The van der Waals surface area contributed by atoms with Crippen molar-refractivity contribution in [2.75, 3.05) is 0 Å². The standard InChI is InChI=1S/C10H16O/c1-6-8-4-7(5-9(8)11)10(6,2)3/h6-8H,4-5H2,1-3H3/t6?,7-,8-/m1/s1. The molecule has 2 aliphatic carbocycles. The quantitative estimate of drug-likeness (QED) is 0.520. The van der Waals surface area contributed by atoms with Crippen molar-refractivity contribution in [3.05, 3.63) is 0 Å². The van der Waals surface area contributed by atoms with Crippen LogP contribution in [-0.4, -0.2) is 5.78 Å². The second kappa shape index (κ2) is 1.88.